The first-order valence-electron chi connectivity index (χ1n) is 8.82. The van der Waals surface area contributed by atoms with E-state index >= 15 is 0 Å². The molecular weight excluding hydrogens is 312 g/mol. The number of nitrogens with zero attached hydrogens (tertiary/aromatic N) is 4. The van der Waals surface area contributed by atoms with Crippen molar-refractivity contribution in [2.75, 3.05) is 24.6 Å². The van der Waals surface area contributed by atoms with E-state index in [0.717, 1.165) is 54.5 Å². The van der Waals surface area contributed by atoms with Gasteiger partial charge in [0.25, 0.3) is 0 Å². The highest BCUT2D eigenvalue weighted by Gasteiger charge is 2.23. The minimum Gasteiger partial charge on any atom is -0.493 e. The normalized spacial score (nSPS) is 17.6. The molecule has 1 aliphatic rings. The van der Waals surface area contributed by atoms with Crippen molar-refractivity contribution >= 4 is 16.9 Å². The maximum Gasteiger partial charge on any atom is 0.164 e. The van der Waals surface area contributed by atoms with Gasteiger partial charge in [0.2, 0.25) is 0 Å². The fourth-order valence-corrected chi connectivity index (χ4v) is 3.42. The van der Waals surface area contributed by atoms with Gasteiger partial charge >= 0.3 is 0 Å². The number of piperidine rings is 1. The molecule has 0 N–H and O–H groups in total. The van der Waals surface area contributed by atoms with Crippen LogP contribution in [-0.4, -0.2) is 34.6 Å². The molecule has 0 aliphatic carbocycles. The Hall–Kier alpha value is -2.69. The van der Waals surface area contributed by atoms with Crippen molar-refractivity contribution in [3.63, 3.8) is 0 Å². The van der Waals surface area contributed by atoms with E-state index in [1.807, 2.05) is 43.3 Å². The second kappa shape index (κ2) is 7.05. The number of ether oxygens (including phenoxy) is 1. The fraction of sp³-hybridized carbons (Fsp3) is 0.350. The SMILES string of the molecule is Cc1nc(N2CCC[C@H](COc3ccccc3)C2)c2cccnc2n1. The van der Waals surface area contributed by atoms with Crippen molar-refractivity contribution in [1.82, 2.24) is 15.0 Å². The van der Waals surface area contributed by atoms with Crippen LogP contribution in [0.15, 0.2) is 48.7 Å². The Morgan fingerprint density at radius 3 is 2.88 bits per heavy atom. The van der Waals surface area contributed by atoms with Crippen LogP contribution in [0, 0.1) is 12.8 Å². The van der Waals surface area contributed by atoms with Gasteiger partial charge in [0.1, 0.15) is 17.4 Å². The Balaban J connectivity index is 1.51. The summed E-state index contributed by atoms with van der Waals surface area (Å²) >= 11 is 0. The summed E-state index contributed by atoms with van der Waals surface area (Å²) in [6.45, 7) is 4.63. The number of aromatic nitrogens is 3. The van der Waals surface area contributed by atoms with Crippen LogP contribution in [0.5, 0.6) is 5.75 Å². The molecule has 3 aromatic rings. The Bertz CT molecular complexity index is 853. The molecule has 0 unspecified atom stereocenters. The Labute approximate surface area is 147 Å². The molecule has 5 nitrogen and oxygen atoms in total. The highest BCUT2D eigenvalue weighted by molar-refractivity contribution is 5.86. The van der Waals surface area contributed by atoms with Crippen LogP contribution in [0.4, 0.5) is 5.82 Å². The molecule has 1 saturated heterocycles. The summed E-state index contributed by atoms with van der Waals surface area (Å²) in [5.41, 5.74) is 0.771. The van der Waals surface area contributed by atoms with E-state index in [2.05, 4.69) is 20.9 Å². The van der Waals surface area contributed by atoms with Gasteiger partial charge in [0, 0.05) is 25.2 Å². The predicted octanol–water partition coefficient (Wildman–Crippen LogP) is 3.63. The number of fused-ring (bicyclic) bond motifs is 1. The predicted molar refractivity (Wildman–Crippen MR) is 98.9 cm³/mol. The first kappa shape index (κ1) is 15.8. The largest absolute Gasteiger partial charge is 0.493 e. The summed E-state index contributed by atoms with van der Waals surface area (Å²) in [4.78, 5) is 15.9. The van der Waals surface area contributed by atoms with Crippen LogP contribution in [0.1, 0.15) is 18.7 Å². The average Bonchev–Trinajstić information content (AvgIpc) is 2.67. The van der Waals surface area contributed by atoms with Crippen LogP contribution in [0.25, 0.3) is 11.0 Å². The molecule has 2 aromatic heterocycles. The van der Waals surface area contributed by atoms with Crippen LogP contribution in [0.2, 0.25) is 0 Å². The Morgan fingerprint density at radius 2 is 2.00 bits per heavy atom. The summed E-state index contributed by atoms with van der Waals surface area (Å²) in [6.07, 6.45) is 4.11. The lowest BCUT2D eigenvalue weighted by atomic mass is 9.98. The summed E-state index contributed by atoms with van der Waals surface area (Å²) in [6, 6.07) is 14.0. The molecule has 1 atom stereocenters. The van der Waals surface area contributed by atoms with Crippen LogP contribution in [0.3, 0.4) is 0 Å². The van der Waals surface area contributed by atoms with Crippen molar-refractivity contribution in [2.45, 2.75) is 19.8 Å². The van der Waals surface area contributed by atoms with Crippen LogP contribution >= 0.6 is 0 Å². The summed E-state index contributed by atoms with van der Waals surface area (Å²) in [7, 11) is 0. The van der Waals surface area contributed by atoms with E-state index in [9.17, 15) is 0 Å². The van der Waals surface area contributed by atoms with E-state index in [1.54, 1.807) is 6.20 Å². The van der Waals surface area contributed by atoms with E-state index in [1.165, 1.54) is 6.42 Å². The number of pyridine rings is 1. The Morgan fingerprint density at radius 1 is 1.12 bits per heavy atom. The third-order valence-corrected chi connectivity index (χ3v) is 4.61. The first-order valence-corrected chi connectivity index (χ1v) is 8.82. The highest BCUT2D eigenvalue weighted by Crippen LogP contribution is 2.27. The molecular formula is C20H22N4O. The van der Waals surface area contributed by atoms with Gasteiger partial charge in [-0.3, -0.25) is 0 Å². The van der Waals surface area contributed by atoms with E-state index in [0.29, 0.717) is 5.92 Å². The molecule has 3 heterocycles. The number of para-hydroxylation sites is 1. The smallest absolute Gasteiger partial charge is 0.164 e. The standard InChI is InChI=1S/C20H22N4O/c1-15-22-19-18(10-5-11-21-19)20(23-15)24-12-6-7-16(13-24)14-25-17-8-3-2-4-9-17/h2-5,8-11,16H,6-7,12-14H2,1H3/t16-/m0/s1. The molecule has 1 fully saturated rings. The number of hydrogen-bond acceptors (Lipinski definition) is 5. The van der Waals surface area contributed by atoms with Gasteiger partial charge in [-0.2, -0.15) is 0 Å². The number of rotatable bonds is 4. The van der Waals surface area contributed by atoms with Gasteiger partial charge in [-0.1, -0.05) is 18.2 Å². The quantitative estimate of drug-likeness (QED) is 0.729. The van der Waals surface area contributed by atoms with Crippen molar-refractivity contribution in [3.8, 4) is 5.75 Å². The van der Waals surface area contributed by atoms with Crippen LogP contribution in [-0.2, 0) is 0 Å². The van der Waals surface area contributed by atoms with E-state index in [4.69, 9.17) is 9.72 Å². The monoisotopic (exact) mass is 334 g/mol. The van der Waals surface area contributed by atoms with Gasteiger partial charge in [0.15, 0.2) is 5.65 Å². The van der Waals surface area contributed by atoms with E-state index < -0.39 is 0 Å². The molecule has 128 valence electrons. The molecule has 0 radical (unpaired) electrons. The molecule has 1 aromatic carbocycles. The molecule has 0 amide bonds. The summed E-state index contributed by atoms with van der Waals surface area (Å²) in [5, 5.41) is 1.03. The zero-order valence-electron chi connectivity index (χ0n) is 14.4. The van der Waals surface area contributed by atoms with Crippen molar-refractivity contribution in [1.29, 1.82) is 0 Å². The van der Waals surface area contributed by atoms with Gasteiger partial charge in [-0.05, 0) is 44.0 Å². The molecule has 5 heteroatoms. The first-order chi connectivity index (χ1) is 12.3. The molecule has 0 saturated carbocycles. The zero-order valence-corrected chi connectivity index (χ0v) is 14.4. The second-order valence-corrected chi connectivity index (χ2v) is 6.55. The molecule has 0 bridgehead atoms. The van der Waals surface area contributed by atoms with Gasteiger partial charge in [-0.25, -0.2) is 15.0 Å². The average molecular weight is 334 g/mol. The highest BCUT2D eigenvalue weighted by atomic mass is 16.5. The lowest BCUT2D eigenvalue weighted by molar-refractivity contribution is 0.228. The van der Waals surface area contributed by atoms with Crippen molar-refractivity contribution in [2.24, 2.45) is 5.92 Å². The van der Waals surface area contributed by atoms with Gasteiger partial charge < -0.3 is 9.64 Å². The second-order valence-electron chi connectivity index (χ2n) is 6.55. The minimum absolute atomic E-state index is 0.496. The fourth-order valence-electron chi connectivity index (χ4n) is 3.42. The third kappa shape index (κ3) is 3.55. The maximum atomic E-state index is 5.97. The topological polar surface area (TPSA) is 51.1 Å². The van der Waals surface area contributed by atoms with E-state index in [-0.39, 0.29) is 0 Å². The molecule has 1 aliphatic heterocycles. The molecule has 0 spiro atoms. The van der Waals surface area contributed by atoms with Gasteiger partial charge in [0.05, 0.1) is 12.0 Å². The molecule has 25 heavy (non-hydrogen) atoms. The lowest BCUT2D eigenvalue weighted by Gasteiger charge is -2.34. The maximum absolute atomic E-state index is 5.97. The van der Waals surface area contributed by atoms with Gasteiger partial charge in [-0.15, -0.1) is 0 Å². The summed E-state index contributed by atoms with van der Waals surface area (Å²) in [5.74, 6) is 3.20. The van der Waals surface area contributed by atoms with Crippen molar-refractivity contribution in [3.05, 3.63) is 54.5 Å². The number of hydrogen-bond donors (Lipinski definition) is 0. The minimum atomic E-state index is 0.496. The molecule has 4 rings (SSSR count). The zero-order chi connectivity index (χ0) is 17.1. The number of benzene rings is 1. The summed E-state index contributed by atoms with van der Waals surface area (Å²) < 4.78 is 5.97. The number of aryl methyl sites for hydroxylation is 1. The third-order valence-electron chi connectivity index (χ3n) is 4.61. The Kier molecular flexibility index (Phi) is 4.46. The number of anilines is 1. The lowest BCUT2D eigenvalue weighted by Crippen LogP contribution is -2.38. The van der Waals surface area contributed by atoms with Crippen LogP contribution < -0.4 is 9.64 Å². The van der Waals surface area contributed by atoms with Crippen molar-refractivity contribution < 1.29 is 4.74 Å².